The van der Waals surface area contributed by atoms with Crippen LogP contribution in [0.1, 0.15) is 5.56 Å². The molecule has 1 saturated heterocycles. The summed E-state index contributed by atoms with van der Waals surface area (Å²) in [4.78, 5) is 41.7. The van der Waals surface area contributed by atoms with Crippen LogP contribution in [0.25, 0.3) is 6.08 Å². The first-order chi connectivity index (χ1) is 12.0. The number of pyridine rings is 1. The highest BCUT2D eigenvalue weighted by Crippen LogP contribution is 2.27. The van der Waals surface area contributed by atoms with Crippen LogP contribution in [0.2, 0.25) is 0 Å². The first-order valence-electron chi connectivity index (χ1n) is 7.16. The summed E-state index contributed by atoms with van der Waals surface area (Å²) in [6, 6.07) is 7.50. The highest BCUT2D eigenvalue weighted by Gasteiger charge is 2.37. The van der Waals surface area contributed by atoms with Crippen LogP contribution in [0.5, 0.6) is 5.75 Å². The van der Waals surface area contributed by atoms with Crippen LogP contribution >= 0.6 is 15.9 Å². The van der Waals surface area contributed by atoms with E-state index in [1.54, 1.807) is 30.3 Å². The van der Waals surface area contributed by atoms with E-state index in [0.717, 1.165) is 9.37 Å². The van der Waals surface area contributed by atoms with E-state index in [4.69, 9.17) is 4.74 Å². The van der Waals surface area contributed by atoms with Gasteiger partial charge >= 0.3 is 6.03 Å². The zero-order valence-corrected chi connectivity index (χ0v) is 14.6. The third-order valence-electron chi connectivity index (χ3n) is 3.50. The Morgan fingerprint density at radius 3 is 2.72 bits per heavy atom. The lowest BCUT2D eigenvalue weighted by molar-refractivity contribution is -0.122. The molecule has 0 aliphatic carbocycles. The lowest BCUT2D eigenvalue weighted by atomic mass is 10.1. The number of rotatable bonds is 3. The van der Waals surface area contributed by atoms with Crippen LogP contribution in [0, 0.1) is 0 Å². The maximum Gasteiger partial charge on any atom is 0.336 e. The van der Waals surface area contributed by atoms with Gasteiger partial charge in [-0.15, -0.1) is 0 Å². The van der Waals surface area contributed by atoms with Gasteiger partial charge in [-0.1, -0.05) is 15.9 Å². The Hall–Kier alpha value is -3.00. The minimum absolute atomic E-state index is 0.181. The molecular weight excluding hydrogens is 390 g/mol. The summed E-state index contributed by atoms with van der Waals surface area (Å²) in [5.74, 6) is -1.01. The van der Waals surface area contributed by atoms with Crippen molar-refractivity contribution in [1.82, 2.24) is 10.3 Å². The third-order valence-corrected chi connectivity index (χ3v) is 3.99. The van der Waals surface area contributed by atoms with Gasteiger partial charge in [0.05, 0.1) is 19.0 Å². The number of carbonyl (C=O) groups is 3. The van der Waals surface area contributed by atoms with Crippen molar-refractivity contribution in [1.29, 1.82) is 0 Å². The van der Waals surface area contributed by atoms with Crippen LogP contribution in [0.3, 0.4) is 0 Å². The van der Waals surface area contributed by atoms with Gasteiger partial charge < -0.3 is 4.74 Å². The van der Waals surface area contributed by atoms with Gasteiger partial charge in [-0.3, -0.25) is 19.9 Å². The first kappa shape index (κ1) is 16.8. The molecule has 2 heterocycles. The Bertz CT molecular complexity index is 896. The highest BCUT2D eigenvalue weighted by atomic mass is 79.9. The van der Waals surface area contributed by atoms with Gasteiger partial charge in [-0.2, -0.15) is 0 Å². The molecule has 1 aliphatic rings. The number of methoxy groups -OCH3 is 1. The third kappa shape index (κ3) is 3.29. The number of nitrogens with one attached hydrogen (secondary N) is 1. The fraction of sp³-hybridized carbons (Fsp3) is 0.0588. The van der Waals surface area contributed by atoms with Gasteiger partial charge in [0.2, 0.25) is 0 Å². The van der Waals surface area contributed by atoms with Gasteiger partial charge in [0.1, 0.15) is 11.3 Å². The van der Waals surface area contributed by atoms with Crippen molar-refractivity contribution < 1.29 is 19.1 Å². The monoisotopic (exact) mass is 401 g/mol. The molecule has 3 rings (SSSR count). The molecule has 25 heavy (non-hydrogen) atoms. The summed E-state index contributed by atoms with van der Waals surface area (Å²) >= 11 is 3.34. The molecule has 1 fully saturated rings. The van der Waals surface area contributed by atoms with Gasteiger partial charge in [0, 0.05) is 16.2 Å². The van der Waals surface area contributed by atoms with Crippen LogP contribution in [0.4, 0.5) is 10.5 Å². The second-order valence-corrected chi connectivity index (χ2v) is 5.97. The normalized spacial score (nSPS) is 16.2. The molecule has 1 aromatic carbocycles. The van der Waals surface area contributed by atoms with E-state index in [0.29, 0.717) is 11.3 Å². The van der Waals surface area contributed by atoms with Gasteiger partial charge in [0.25, 0.3) is 11.8 Å². The van der Waals surface area contributed by atoms with Crippen LogP contribution < -0.4 is 15.0 Å². The molecule has 4 amide bonds. The van der Waals surface area contributed by atoms with Gasteiger partial charge in [0.15, 0.2) is 0 Å². The number of urea groups is 1. The minimum Gasteiger partial charge on any atom is -0.496 e. The Balaban J connectivity index is 2.07. The molecular formula is C17H12BrN3O4. The smallest absolute Gasteiger partial charge is 0.336 e. The van der Waals surface area contributed by atoms with E-state index < -0.39 is 17.8 Å². The summed E-state index contributed by atoms with van der Waals surface area (Å²) in [6.07, 6.45) is 4.27. The summed E-state index contributed by atoms with van der Waals surface area (Å²) in [7, 11) is 1.49. The predicted octanol–water partition coefficient (Wildman–Crippen LogP) is 2.52. The van der Waals surface area contributed by atoms with Gasteiger partial charge in [-0.05, 0) is 36.4 Å². The number of aromatic nitrogens is 1. The molecule has 1 N–H and O–H groups in total. The van der Waals surface area contributed by atoms with E-state index in [9.17, 15) is 14.4 Å². The molecule has 0 bridgehead atoms. The molecule has 1 aliphatic heterocycles. The molecule has 126 valence electrons. The Kier molecular flexibility index (Phi) is 4.62. The molecule has 0 atom stereocenters. The first-order valence-corrected chi connectivity index (χ1v) is 7.95. The fourth-order valence-corrected chi connectivity index (χ4v) is 2.73. The number of hydrogen-bond donors (Lipinski definition) is 1. The van der Waals surface area contributed by atoms with E-state index in [-0.39, 0.29) is 11.3 Å². The minimum atomic E-state index is -0.818. The zero-order chi connectivity index (χ0) is 18.0. The van der Waals surface area contributed by atoms with E-state index in [2.05, 4.69) is 26.2 Å². The number of amides is 4. The van der Waals surface area contributed by atoms with Crippen molar-refractivity contribution in [3.63, 3.8) is 0 Å². The average molecular weight is 402 g/mol. The zero-order valence-electron chi connectivity index (χ0n) is 13.0. The topological polar surface area (TPSA) is 88.6 Å². The fourth-order valence-electron chi connectivity index (χ4n) is 2.35. The molecule has 7 nitrogen and oxygen atoms in total. The lowest BCUT2D eigenvalue weighted by Gasteiger charge is -2.26. The molecule has 1 aromatic heterocycles. The number of anilines is 1. The van der Waals surface area contributed by atoms with E-state index in [1.807, 2.05) is 0 Å². The Morgan fingerprint density at radius 2 is 2.04 bits per heavy atom. The molecule has 8 heteroatoms. The SMILES string of the molecule is COc1ccc(Br)cc1/C=C1\C(=O)NC(=O)N(c2cccnc2)C1=O. The molecule has 0 saturated carbocycles. The van der Waals surface area contributed by atoms with Crippen molar-refractivity contribution in [3.8, 4) is 5.75 Å². The number of ether oxygens (including phenoxy) is 1. The summed E-state index contributed by atoms with van der Waals surface area (Å²) in [5.41, 5.74) is 0.611. The van der Waals surface area contributed by atoms with Crippen molar-refractivity contribution in [3.05, 3.63) is 58.3 Å². The molecule has 2 aromatic rings. The lowest BCUT2D eigenvalue weighted by Crippen LogP contribution is -2.54. The summed E-state index contributed by atoms with van der Waals surface area (Å²) in [5, 5.41) is 2.16. The number of hydrogen-bond acceptors (Lipinski definition) is 5. The number of imide groups is 2. The van der Waals surface area contributed by atoms with E-state index >= 15 is 0 Å². The average Bonchev–Trinajstić information content (AvgIpc) is 2.59. The van der Waals surface area contributed by atoms with E-state index in [1.165, 1.54) is 25.6 Å². The number of halogens is 1. The highest BCUT2D eigenvalue weighted by molar-refractivity contribution is 9.10. The number of benzene rings is 1. The predicted molar refractivity (Wildman–Crippen MR) is 93.9 cm³/mol. The largest absolute Gasteiger partial charge is 0.496 e. The second-order valence-electron chi connectivity index (χ2n) is 5.06. The number of carbonyl (C=O) groups excluding carboxylic acids is 3. The van der Waals surface area contributed by atoms with Crippen molar-refractivity contribution in [2.45, 2.75) is 0 Å². The standard InChI is InChI=1S/C17H12BrN3O4/c1-25-14-5-4-11(18)7-10(14)8-13-15(22)20-17(24)21(16(13)23)12-3-2-6-19-9-12/h2-9H,1H3,(H,20,22,24)/b13-8+. The Labute approximate surface area is 151 Å². The molecule has 0 radical (unpaired) electrons. The second kappa shape index (κ2) is 6.86. The molecule has 0 unspecified atom stereocenters. The maximum absolute atomic E-state index is 12.7. The maximum atomic E-state index is 12.7. The van der Waals surface area contributed by atoms with Gasteiger partial charge in [-0.25, -0.2) is 9.69 Å². The van der Waals surface area contributed by atoms with Crippen LogP contribution in [-0.2, 0) is 9.59 Å². The molecule has 0 spiro atoms. The summed E-state index contributed by atoms with van der Waals surface area (Å²) < 4.78 is 6.00. The summed E-state index contributed by atoms with van der Waals surface area (Å²) in [6.45, 7) is 0. The van der Waals surface area contributed by atoms with Crippen molar-refractivity contribution >= 4 is 45.5 Å². The Morgan fingerprint density at radius 1 is 1.24 bits per heavy atom. The quantitative estimate of drug-likeness (QED) is 0.630. The van der Waals surface area contributed by atoms with Crippen LogP contribution in [-0.4, -0.2) is 29.9 Å². The van der Waals surface area contributed by atoms with Crippen LogP contribution in [0.15, 0.2) is 52.8 Å². The number of nitrogens with zero attached hydrogens (tertiary/aromatic N) is 2. The van der Waals surface area contributed by atoms with Crippen molar-refractivity contribution in [2.75, 3.05) is 12.0 Å². The number of barbiturate groups is 1. The van der Waals surface area contributed by atoms with Crippen molar-refractivity contribution in [2.24, 2.45) is 0 Å².